The van der Waals surface area contributed by atoms with Crippen LogP contribution in [-0.4, -0.2) is 29.6 Å². The van der Waals surface area contributed by atoms with Crippen LogP contribution in [0.5, 0.6) is 0 Å². The van der Waals surface area contributed by atoms with Crippen LogP contribution in [-0.2, 0) is 9.59 Å². The van der Waals surface area contributed by atoms with Crippen molar-refractivity contribution in [1.29, 1.82) is 0 Å². The lowest BCUT2D eigenvalue weighted by Gasteiger charge is -2.20. The molecule has 0 saturated heterocycles. The minimum absolute atomic E-state index is 0.0109. The van der Waals surface area contributed by atoms with E-state index in [9.17, 15) is 9.59 Å². The molecule has 0 aliphatic heterocycles. The highest BCUT2D eigenvalue weighted by molar-refractivity contribution is 7.10. The molecule has 1 amide bonds. The van der Waals surface area contributed by atoms with E-state index in [0.717, 1.165) is 11.3 Å². The quantitative estimate of drug-likeness (QED) is 0.686. The Kier molecular flexibility index (Phi) is 6.67. The predicted molar refractivity (Wildman–Crippen MR) is 79.8 cm³/mol. The Bertz CT molecular complexity index is 434. The standard InChI is InChI=1S/C14H22N2O3S/c1-4-9(2)13(14(18)19)15-8-12(17)16-10(3)11-6-5-7-20-11/h5-7,9-10,13,15H,4,8H2,1-3H3,(H,16,17)(H,18,19)/t9-,10?,13-/m0/s1. The second-order valence-electron chi connectivity index (χ2n) is 4.89. The van der Waals surface area contributed by atoms with Crippen molar-refractivity contribution >= 4 is 23.2 Å². The molecule has 6 heteroatoms. The Hall–Kier alpha value is -1.40. The Morgan fingerprint density at radius 3 is 2.60 bits per heavy atom. The molecular weight excluding hydrogens is 276 g/mol. The smallest absolute Gasteiger partial charge is 0.320 e. The van der Waals surface area contributed by atoms with E-state index in [0.29, 0.717) is 0 Å². The molecule has 0 bridgehead atoms. The number of hydrogen-bond donors (Lipinski definition) is 3. The van der Waals surface area contributed by atoms with Crippen molar-refractivity contribution < 1.29 is 14.7 Å². The molecular formula is C14H22N2O3S. The van der Waals surface area contributed by atoms with Crippen LogP contribution in [0.4, 0.5) is 0 Å². The fourth-order valence-electron chi connectivity index (χ4n) is 1.87. The lowest BCUT2D eigenvalue weighted by atomic mass is 9.99. The molecule has 1 heterocycles. The van der Waals surface area contributed by atoms with Crippen LogP contribution >= 0.6 is 11.3 Å². The predicted octanol–water partition coefficient (Wildman–Crippen LogP) is 2.01. The van der Waals surface area contributed by atoms with Gasteiger partial charge in [0.15, 0.2) is 0 Å². The minimum atomic E-state index is -0.918. The van der Waals surface area contributed by atoms with Gasteiger partial charge in [0, 0.05) is 4.88 Å². The highest BCUT2D eigenvalue weighted by atomic mass is 32.1. The number of carbonyl (C=O) groups excluding carboxylic acids is 1. The SMILES string of the molecule is CC[C@H](C)[C@H](NCC(=O)NC(C)c1cccs1)C(=O)O. The third kappa shape index (κ3) is 4.94. The van der Waals surface area contributed by atoms with Crippen LogP contribution in [0.15, 0.2) is 17.5 Å². The van der Waals surface area contributed by atoms with E-state index in [1.54, 1.807) is 11.3 Å². The summed E-state index contributed by atoms with van der Waals surface area (Å²) >= 11 is 1.58. The summed E-state index contributed by atoms with van der Waals surface area (Å²) in [5.74, 6) is -1.13. The molecule has 0 aliphatic rings. The molecule has 20 heavy (non-hydrogen) atoms. The molecule has 3 atom stereocenters. The number of carbonyl (C=O) groups is 2. The summed E-state index contributed by atoms with van der Waals surface area (Å²) in [5.41, 5.74) is 0. The average Bonchev–Trinajstić information content (AvgIpc) is 2.92. The third-order valence-corrected chi connectivity index (χ3v) is 4.36. The Morgan fingerprint density at radius 1 is 1.40 bits per heavy atom. The lowest BCUT2D eigenvalue weighted by Crippen LogP contribution is -2.46. The molecule has 5 nitrogen and oxygen atoms in total. The van der Waals surface area contributed by atoms with Gasteiger partial charge in [0.25, 0.3) is 0 Å². The van der Waals surface area contributed by atoms with Crippen molar-refractivity contribution in [2.75, 3.05) is 6.54 Å². The number of amides is 1. The van der Waals surface area contributed by atoms with Crippen LogP contribution in [0.1, 0.15) is 38.1 Å². The largest absolute Gasteiger partial charge is 0.480 e. The summed E-state index contributed by atoms with van der Waals surface area (Å²) < 4.78 is 0. The molecule has 1 unspecified atom stereocenters. The molecule has 0 saturated carbocycles. The topological polar surface area (TPSA) is 78.4 Å². The number of carboxylic acid groups (broad SMARTS) is 1. The zero-order valence-corrected chi connectivity index (χ0v) is 12.9. The van der Waals surface area contributed by atoms with E-state index >= 15 is 0 Å². The molecule has 1 aromatic rings. The number of carboxylic acids is 1. The molecule has 0 radical (unpaired) electrons. The zero-order valence-electron chi connectivity index (χ0n) is 12.1. The van der Waals surface area contributed by atoms with Crippen LogP contribution in [0.25, 0.3) is 0 Å². The summed E-state index contributed by atoms with van der Waals surface area (Å²) in [4.78, 5) is 24.0. The molecule has 0 aromatic carbocycles. The molecule has 1 rings (SSSR count). The first kappa shape index (κ1) is 16.7. The Labute approximate surface area is 123 Å². The van der Waals surface area contributed by atoms with E-state index in [1.807, 2.05) is 38.3 Å². The van der Waals surface area contributed by atoms with Gasteiger partial charge in [-0.25, -0.2) is 0 Å². The van der Waals surface area contributed by atoms with Crippen LogP contribution < -0.4 is 10.6 Å². The van der Waals surface area contributed by atoms with Gasteiger partial charge in [0.1, 0.15) is 6.04 Å². The fraction of sp³-hybridized carbons (Fsp3) is 0.571. The normalized spacial score (nSPS) is 15.3. The fourth-order valence-corrected chi connectivity index (χ4v) is 2.61. The van der Waals surface area contributed by atoms with Gasteiger partial charge in [0.2, 0.25) is 5.91 Å². The molecule has 3 N–H and O–H groups in total. The first-order valence-electron chi connectivity index (χ1n) is 6.74. The molecule has 1 aromatic heterocycles. The summed E-state index contributed by atoms with van der Waals surface area (Å²) in [6.07, 6.45) is 0.747. The van der Waals surface area contributed by atoms with Crippen molar-refractivity contribution in [3.8, 4) is 0 Å². The maximum atomic E-state index is 11.8. The Balaban J connectivity index is 2.44. The van der Waals surface area contributed by atoms with Gasteiger partial charge in [-0.1, -0.05) is 26.3 Å². The average molecular weight is 298 g/mol. The lowest BCUT2D eigenvalue weighted by molar-refractivity contribution is -0.141. The second-order valence-corrected chi connectivity index (χ2v) is 5.87. The van der Waals surface area contributed by atoms with E-state index in [1.165, 1.54) is 0 Å². The van der Waals surface area contributed by atoms with Crippen molar-refractivity contribution in [3.63, 3.8) is 0 Å². The number of thiophene rings is 1. The highest BCUT2D eigenvalue weighted by Gasteiger charge is 2.23. The first-order chi connectivity index (χ1) is 9.45. The van der Waals surface area contributed by atoms with Gasteiger partial charge in [-0.3, -0.25) is 14.9 Å². The maximum Gasteiger partial charge on any atom is 0.320 e. The summed E-state index contributed by atoms with van der Waals surface area (Å²) in [6, 6.07) is 3.14. The van der Waals surface area contributed by atoms with E-state index in [-0.39, 0.29) is 24.4 Å². The number of nitrogens with one attached hydrogen (secondary N) is 2. The number of rotatable bonds is 8. The van der Waals surface area contributed by atoms with Gasteiger partial charge in [0.05, 0.1) is 12.6 Å². The van der Waals surface area contributed by atoms with Gasteiger partial charge >= 0.3 is 5.97 Å². The molecule has 0 spiro atoms. The summed E-state index contributed by atoms with van der Waals surface area (Å²) in [7, 11) is 0. The highest BCUT2D eigenvalue weighted by Crippen LogP contribution is 2.17. The third-order valence-electron chi connectivity index (χ3n) is 3.31. The van der Waals surface area contributed by atoms with E-state index < -0.39 is 12.0 Å². The molecule has 0 aliphatic carbocycles. The molecule has 0 fully saturated rings. The van der Waals surface area contributed by atoms with Crippen molar-refractivity contribution in [1.82, 2.24) is 10.6 Å². The van der Waals surface area contributed by atoms with Crippen LogP contribution in [0.2, 0.25) is 0 Å². The Morgan fingerprint density at radius 2 is 2.10 bits per heavy atom. The van der Waals surface area contributed by atoms with E-state index in [2.05, 4.69) is 10.6 Å². The zero-order chi connectivity index (χ0) is 15.1. The summed E-state index contributed by atoms with van der Waals surface area (Å²) in [6.45, 7) is 5.71. The van der Waals surface area contributed by atoms with Crippen LogP contribution in [0.3, 0.4) is 0 Å². The van der Waals surface area contributed by atoms with Crippen LogP contribution in [0, 0.1) is 5.92 Å². The van der Waals surface area contributed by atoms with Gasteiger partial charge < -0.3 is 10.4 Å². The number of hydrogen-bond acceptors (Lipinski definition) is 4. The summed E-state index contributed by atoms with van der Waals surface area (Å²) in [5, 5.41) is 16.7. The van der Waals surface area contributed by atoms with Crippen molar-refractivity contribution in [2.45, 2.75) is 39.3 Å². The number of aliphatic carboxylic acids is 1. The first-order valence-corrected chi connectivity index (χ1v) is 7.62. The van der Waals surface area contributed by atoms with Gasteiger partial charge in [-0.15, -0.1) is 11.3 Å². The van der Waals surface area contributed by atoms with Crippen molar-refractivity contribution in [2.24, 2.45) is 5.92 Å². The maximum absolute atomic E-state index is 11.8. The monoisotopic (exact) mass is 298 g/mol. The second kappa shape index (κ2) is 8.01. The van der Waals surface area contributed by atoms with Gasteiger partial charge in [-0.2, -0.15) is 0 Å². The minimum Gasteiger partial charge on any atom is -0.480 e. The molecule has 112 valence electrons. The van der Waals surface area contributed by atoms with E-state index in [4.69, 9.17) is 5.11 Å². The van der Waals surface area contributed by atoms with Crippen molar-refractivity contribution in [3.05, 3.63) is 22.4 Å². The van der Waals surface area contributed by atoms with Gasteiger partial charge in [-0.05, 0) is 24.3 Å².